The number of hydrogen-bond donors (Lipinski definition) is 3. The van der Waals surface area contributed by atoms with E-state index in [9.17, 15) is 23.1 Å². The number of dihydropyridines is 1. The number of hydrogen-bond acceptors (Lipinski definition) is 6. The second-order valence-electron chi connectivity index (χ2n) is 7.78. The number of allylic oxidation sites excluding steroid dienone is 1. The summed E-state index contributed by atoms with van der Waals surface area (Å²) >= 11 is 0. The number of rotatable bonds is 6. The summed E-state index contributed by atoms with van der Waals surface area (Å²) in [4.78, 5) is 15.6. The van der Waals surface area contributed by atoms with Gasteiger partial charge in [0.05, 0.1) is 22.9 Å². The number of amides is 1. The molecule has 4 N–H and O–H groups in total. The smallest absolute Gasteiger partial charge is 0.252 e. The lowest BCUT2D eigenvalue weighted by molar-refractivity contribution is -0.00199. The SMILES string of the molecule is NC(=O)c1ccc(F)c(-c2ccc(NC[C@]3(C4N=CC=CC4F)C[C@H](F)C3)nn2)c1O. The van der Waals surface area contributed by atoms with Crippen LogP contribution in [0.3, 0.4) is 0 Å². The van der Waals surface area contributed by atoms with E-state index < -0.39 is 41.3 Å². The summed E-state index contributed by atoms with van der Waals surface area (Å²) in [6.07, 6.45) is 2.51. The van der Waals surface area contributed by atoms with Gasteiger partial charge in [0.15, 0.2) is 0 Å². The van der Waals surface area contributed by atoms with Gasteiger partial charge in [0, 0.05) is 18.2 Å². The van der Waals surface area contributed by atoms with Crippen molar-refractivity contribution < 1.29 is 23.1 Å². The molecule has 1 aromatic carbocycles. The van der Waals surface area contributed by atoms with Crippen LogP contribution in [0.2, 0.25) is 0 Å². The molecule has 2 atom stereocenters. The Morgan fingerprint density at radius 1 is 1.23 bits per heavy atom. The first kappa shape index (κ1) is 20.8. The highest BCUT2D eigenvalue weighted by Gasteiger charge is 2.52. The van der Waals surface area contributed by atoms with Crippen molar-refractivity contribution in [2.45, 2.75) is 31.2 Å². The number of nitrogens with zero attached hydrogens (tertiary/aromatic N) is 3. The van der Waals surface area contributed by atoms with Crippen LogP contribution in [-0.2, 0) is 0 Å². The molecule has 1 aliphatic carbocycles. The van der Waals surface area contributed by atoms with Gasteiger partial charge in [-0.25, -0.2) is 13.2 Å². The van der Waals surface area contributed by atoms with E-state index in [1.807, 2.05) is 0 Å². The van der Waals surface area contributed by atoms with E-state index >= 15 is 0 Å². The molecule has 2 unspecified atom stereocenters. The second-order valence-corrected chi connectivity index (χ2v) is 7.78. The quantitative estimate of drug-likeness (QED) is 0.651. The Balaban J connectivity index is 1.52. The van der Waals surface area contributed by atoms with Gasteiger partial charge in [0.1, 0.15) is 29.7 Å². The van der Waals surface area contributed by atoms with E-state index in [-0.39, 0.29) is 36.2 Å². The van der Waals surface area contributed by atoms with Crippen molar-refractivity contribution in [3.8, 4) is 17.0 Å². The minimum absolute atomic E-state index is 0.00308. The minimum atomic E-state index is -1.30. The number of nitrogens with one attached hydrogen (secondary N) is 1. The van der Waals surface area contributed by atoms with Gasteiger partial charge in [-0.05, 0) is 49.3 Å². The van der Waals surface area contributed by atoms with E-state index in [2.05, 4.69) is 20.5 Å². The standard InChI is InChI=1S/C21H20F3N5O2/c22-11-8-21(9-11,19-14(24)2-1-7-26-19)10-27-16-6-5-15(28-29-16)17-13(23)4-3-12(18(17)30)20(25)31/h1-7,11,14,19,30H,8-10H2,(H2,25,31)(H,27,29)/t11-,14?,19?,21-. The van der Waals surface area contributed by atoms with Gasteiger partial charge in [-0.1, -0.05) is 0 Å². The molecule has 0 spiro atoms. The lowest BCUT2D eigenvalue weighted by Gasteiger charge is -2.49. The maximum atomic E-state index is 14.4. The maximum Gasteiger partial charge on any atom is 0.252 e. The van der Waals surface area contributed by atoms with Crippen molar-refractivity contribution in [3.63, 3.8) is 0 Å². The number of aromatic nitrogens is 2. The first-order chi connectivity index (χ1) is 14.8. The zero-order valence-corrected chi connectivity index (χ0v) is 16.3. The highest BCUT2D eigenvalue weighted by molar-refractivity contribution is 5.98. The molecule has 1 aromatic heterocycles. The van der Waals surface area contributed by atoms with Crippen LogP contribution in [0, 0.1) is 11.2 Å². The Bertz CT molecular complexity index is 1050. The maximum absolute atomic E-state index is 14.4. The number of halogens is 3. The summed E-state index contributed by atoms with van der Waals surface area (Å²) in [5, 5.41) is 21.1. The van der Waals surface area contributed by atoms with Crippen LogP contribution >= 0.6 is 0 Å². The molecule has 1 fully saturated rings. The van der Waals surface area contributed by atoms with Crippen molar-refractivity contribution in [2.75, 3.05) is 11.9 Å². The average molecular weight is 431 g/mol. The number of primary amides is 1. The number of benzene rings is 1. The average Bonchev–Trinajstić information content (AvgIpc) is 2.71. The lowest BCUT2D eigenvalue weighted by atomic mass is 9.61. The molecule has 31 heavy (non-hydrogen) atoms. The van der Waals surface area contributed by atoms with Crippen molar-refractivity contribution in [1.82, 2.24) is 10.2 Å². The first-order valence-electron chi connectivity index (χ1n) is 9.68. The third-order valence-electron chi connectivity index (χ3n) is 5.75. The zero-order chi connectivity index (χ0) is 22.2. The summed E-state index contributed by atoms with van der Waals surface area (Å²) in [7, 11) is 0. The Kier molecular flexibility index (Phi) is 5.38. The molecule has 1 aliphatic heterocycles. The largest absolute Gasteiger partial charge is 0.506 e. The van der Waals surface area contributed by atoms with Crippen molar-refractivity contribution >= 4 is 17.9 Å². The summed E-state index contributed by atoms with van der Waals surface area (Å²) < 4.78 is 42.3. The summed E-state index contributed by atoms with van der Waals surface area (Å²) in [5.74, 6) is -2.02. The fraction of sp³-hybridized carbons (Fsp3) is 0.333. The molecule has 0 bridgehead atoms. The third kappa shape index (κ3) is 3.85. The van der Waals surface area contributed by atoms with Crippen LogP contribution in [0.5, 0.6) is 5.75 Å². The normalized spacial score (nSPS) is 27.0. The van der Waals surface area contributed by atoms with Crippen LogP contribution in [0.25, 0.3) is 11.3 Å². The van der Waals surface area contributed by atoms with Gasteiger partial charge in [0.25, 0.3) is 5.91 Å². The number of carbonyl (C=O) groups excluding carboxylic acids is 1. The molecule has 0 radical (unpaired) electrons. The zero-order valence-electron chi connectivity index (χ0n) is 16.3. The molecule has 1 amide bonds. The number of aromatic hydroxyl groups is 1. The van der Waals surface area contributed by atoms with Gasteiger partial charge >= 0.3 is 0 Å². The Morgan fingerprint density at radius 2 is 2.00 bits per heavy atom. The predicted molar refractivity (Wildman–Crippen MR) is 109 cm³/mol. The first-order valence-corrected chi connectivity index (χ1v) is 9.68. The highest BCUT2D eigenvalue weighted by Crippen LogP contribution is 2.49. The topological polar surface area (TPSA) is 113 Å². The molecule has 0 saturated heterocycles. The van der Waals surface area contributed by atoms with Gasteiger partial charge in [-0.2, -0.15) is 0 Å². The molecule has 2 aliphatic rings. The van der Waals surface area contributed by atoms with E-state index in [4.69, 9.17) is 5.73 Å². The summed E-state index contributed by atoms with van der Waals surface area (Å²) in [6, 6.07) is 4.30. The third-order valence-corrected chi connectivity index (χ3v) is 5.75. The molecule has 2 aromatic rings. The molecule has 2 heterocycles. The van der Waals surface area contributed by atoms with Gasteiger partial charge < -0.3 is 16.2 Å². The Hall–Kier alpha value is -3.43. The molecule has 162 valence electrons. The predicted octanol–water partition coefficient (Wildman–Crippen LogP) is 2.96. The molecule has 4 rings (SSSR count). The monoisotopic (exact) mass is 431 g/mol. The molecule has 7 nitrogen and oxygen atoms in total. The highest BCUT2D eigenvalue weighted by atomic mass is 19.1. The Morgan fingerprint density at radius 3 is 2.61 bits per heavy atom. The van der Waals surface area contributed by atoms with E-state index in [0.717, 1.165) is 12.1 Å². The van der Waals surface area contributed by atoms with Crippen LogP contribution in [0.15, 0.2) is 41.4 Å². The number of aliphatic imine (C=N–C) groups is 1. The second kappa shape index (κ2) is 8.01. The number of phenols is 1. The molecular weight excluding hydrogens is 411 g/mol. The lowest BCUT2D eigenvalue weighted by Crippen LogP contribution is -2.54. The molecular formula is C21H20F3N5O2. The van der Waals surface area contributed by atoms with Gasteiger partial charge in [-0.3, -0.25) is 9.79 Å². The number of alkyl halides is 2. The minimum Gasteiger partial charge on any atom is -0.506 e. The molecule has 1 saturated carbocycles. The molecule has 10 heteroatoms. The van der Waals surface area contributed by atoms with Gasteiger partial charge in [-0.15, -0.1) is 10.2 Å². The van der Waals surface area contributed by atoms with Crippen LogP contribution in [0.1, 0.15) is 23.2 Å². The van der Waals surface area contributed by atoms with Crippen molar-refractivity contribution in [1.29, 1.82) is 0 Å². The number of nitrogens with two attached hydrogens (primary N) is 1. The van der Waals surface area contributed by atoms with Crippen LogP contribution in [-0.4, -0.2) is 52.4 Å². The fourth-order valence-corrected chi connectivity index (χ4v) is 4.13. The van der Waals surface area contributed by atoms with Crippen LogP contribution in [0.4, 0.5) is 19.0 Å². The van der Waals surface area contributed by atoms with E-state index in [1.54, 1.807) is 0 Å². The summed E-state index contributed by atoms with van der Waals surface area (Å²) in [6.45, 7) is 0.231. The van der Waals surface area contributed by atoms with E-state index in [0.29, 0.717) is 5.82 Å². The van der Waals surface area contributed by atoms with Crippen molar-refractivity contribution in [2.24, 2.45) is 16.1 Å². The van der Waals surface area contributed by atoms with Gasteiger partial charge in [0.2, 0.25) is 0 Å². The van der Waals surface area contributed by atoms with E-state index in [1.165, 1.54) is 30.5 Å². The fourth-order valence-electron chi connectivity index (χ4n) is 4.13. The number of carbonyl (C=O) groups is 1. The Labute approximate surface area is 175 Å². The number of anilines is 1. The van der Waals surface area contributed by atoms with Crippen LogP contribution < -0.4 is 11.1 Å². The summed E-state index contributed by atoms with van der Waals surface area (Å²) in [5.41, 5.74) is 3.95. The van der Waals surface area contributed by atoms with Crippen molar-refractivity contribution in [3.05, 3.63) is 47.8 Å².